The quantitative estimate of drug-likeness (QED) is 0.285. The minimum absolute atomic E-state index is 0.468. The topological polar surface area (TPSA) is 27.1 Å². The second-order valence-electron chi connectivity index (χ2n) is 1.20. The summed E-state index contributed by atoms with van der Waals surface area (Å²) in [4.78, 5) is 1.69. The van der Waals surface area contributed by atoms with Crippen LogP contribution in [-0.2, 0) is 0 Å². The molecule has 3 heteroatoms. The summed E-state index contributed by atoms with van der Waals surface area (Å²) in [5.41, 5.74) is 0. The Morgan fingerprint density at radius 2 is 1.83 bits per heavy atom. The van der Waals surface area contributed by atoms with E-state index in [2.05, 4.69) is 16.0 Å². The molecule has 0 aliphatic heterocycles. The van der Waals surface area contributed by atoms with Gasteiger partial charge < -0.3 is 0 Å². The third-order valence-electron chi connectivity index (χ3n) is 0.406. The van der Waals surface area contributed by atoms with E-state index in [9.17, 15) is 0 Å². The summed E-state index contributed by atoms with van der Waals surface area (Å²) < 4.78 is 0.468. The van der Waals surface area contributed by atoms with Crippen LogP contribution in [0.15, 0.2) is 0 Å². The van der Waals surface area contributed by atoms with Gasteiger partial charge in [0.1, 0.15) is 0 Å². The fraction of sp³-hybridized carbons (Fsp3) is 0.667. The molecule has 0 aromatic carbocycles. The summed E-state index contributed by atoms with van der Waals surface area (Å²) in [6.07, 6.45) is 0. The van der Waals surface area contributed by atoms with E-state index in [4.69, 9.17) is 5.41 Å². The van der Waals surface area contributed by atoms with Gasteiger partial charge in [-0.05, 0) is 0 Å². The molecule has 0 unspecified atom stereocenters. The van der Waals surface area contributed by atoms with Gasteiger partial charge in [-0.25, -0.2) is 0 Å². The van der Waals surface area contributed by atoms with Gasteiger partial charge in [-0.2, -0.15) is 0 Å². The first-order chi connectivity index (χ1) is 2.64. The van der Waals surface area contributed by atoms with Gasteiger partial charge in [-0.15, -0.1) is 0 Å². The Balaban J connectivity index is 3.26. The van der Waals surface area contributed by atoms with Crippen molar-refractivity contribution in [1.82, 2.24) is 4.90 Å². The molecular weight excluding hydrogens is 143 g/mol. The number of nitrogens with zero attached hydrogens (tertiary/aromatic N) is 1. The molecule has 1 N–H and O–H groups in total. The van der Waals surface area contributed by atoms with Gasteiger partial charge in [-0.1, -0.05) is 0 Å². The summed E-state index contributed by atoms with van der Waals surface area (Å²) in [6.45, 7) is 0. The molecule has 0 aromatic heterocycles. The Morgan fingerprint density at radius 1 is 1.67 bits per heavy atom. The Bertz CT molecular complexity index is 59.8. The Hall–Kier alpha value is -0.0105. The van der Waals surface area contributed by atoms with Crippen molar-refractivity contribution in [2.75, 3.05) is 14.1 Å². The van der Waals surface area contributed by atoms with Crippen molar-refractivity contribution in [3.05, 3.63) is 0 Å². The molecule has 0 saturated heterocycles. The van der Waals surface area contributed by atoms with Gasteiger partial charge in [0, 0.05) is 0 Å². The van der Waals surface area contributed by atoms with E-state index in [1.165, 1.54) is 0 Å². The molecule has 2 nitrogen and oxygen atoms in total. The Labute approximate surface area is 45.8 Å². The standard InChI is InChI=1S/C3H7N2Se/c1-5(2)3(4)6/h4H,1-2H3. The summed E-state index contributed by atoms with van der Waals surface area (Å²) in [5.74, 6) is 0. The van der Waals surface area contributed by atoms with Crippen molar-refractivity contribution < 1.29 is 0 Å². The van der Waals surface area contributed by atoms with E-state index in [1.807, 2.05) is 14.1 Å². The van der Waals surface area contributed by atoms with E-state index in [0.29, 0.717) is 4.73 Å². The monoisotopic (exact) mass is 151 g/mol. The molecule has 35 valence electrons. The zero-order valence-corrected chi connectivity index (χ0v) is 5.57. The molecule has 0 heterocycles. The molecule has 0 atom stereocenters. The van der Waals surface area contributed by atoms with Crippen LogP contribution < -0.4 is 0 Å². The predicted molar refractivity (Wildman–Crippen MR) is 27.2 cm³/mol. The Morgan fingerprint density at radius 3 is 1.83 bits per heavy atom. The van der Waals surface area contributed by atoms with Gasteiger partial charge in [0.05, 0.1) is 0 Å². The van der Waals surface area contributed by atoms with Crippen molar-refractivity contribution in [2.24, 2.45) is 0 Å². The number of amidine groups is 1. The average Bonchev–Trinajstić information content (AvgIpc) is 1.36. The van der Waals surface area contributed by atoms with Crippen LogP contribution in [0.25, 0.3) is 0 Å². The number of hydrogen-bond donors (Lipinski definition) is 1. The van der Waals surface area contributed by atoms with Crippen LogP contribution in [0.1, 0.15) is 0 Å². The zero-order chi connectivity index (χ0) is 5.15. The van der Waals surface area contributed by atoms with Crippen LogP contribution in [0, 0.1) is 5.41 Å². The molecule has 0 aliphatic carbocycles. The predicted octanol–water partition coefficient (Wildman–Crippen LogP) is -0.349. The van der Waals surface area contributed by atoms with E-state index in [-0.39, 0.29) is 0 Å². The second kappa shape index (κ2) is 2.21. The third kappa shape index (κ3) is 2.24. The molecule has 6 heavy (non-hydrogen) atoms. The molecular formula is C3H7N2Se. The first-order valence-electron chi connectivity index (χ1n) is 1.57. The van der Waals surface area contributed by atoms with Crippen molar-refractivity contribution in [3.63, 3.8) is 0 Å². The average molecular weight is 150 g/mol. The van der Waals surface area contributed by atoms with E-state index in [0.717, 1.165) is 0 Å². The van der Waals surface area contributed by atoms with Gasteiger partial charge in [0.15, 0.2) is 0 Å². The van der Waals surface area contributed by atoms with Gasteiger partial charge in [0.2, 0.25) is 0 Å². The van der Waals surface area contributed by atoms with Crippen LogP contribution >= 0.6 is 0 Å². The Kier molecular flexibility index (Phi) is 2.21. The molecule has 0 amide bonds. The normalized spacial score (nSPS) is 7.67. The summed E-state index contributed by atoms with van der Waals surface area (Å²) in [5, 5.41) is 6.82. The van der Waals surface area contributed by atoms with Gasteiger partial charge in [0.25, 0.3) is 0 Å². The van der Waals surface area contributed by atoms with Crippen molar-refractivity contribution >= 4 is 20.7 Å². The van der Waals surface area contributed by atoms with Crippen LogP contribution in [-0.4, -0.2) is 39.7 Å². The first-order valence-corrected chi connectivity index (χ1v) is 2.43. The van der Waals surface area contributed by atoms with Gasteiger partial charge in [-0.3, -0.25) is 0 Å². The molecule has 0 rings (SSSR count). The molecule has 0 aromatic rings. The van der Waals surface area contributed by atoms with E-state index < -0.39 is 0 Å². The van der Waals surface area contributed by atoms with Crippen molar-refractivity contribution in [3.8, 4) is 0 Å². The molecule has 0 spiro atoms. The first kappa shape index (κ1) is 5.99. The summed E-state index contributed by atoms with van der Waals surface area (Å²) in [6, 6.07) is 0. The number of hydrogen-bond acceptors (Lipinski definition) is 1. The molecule has 0 bridgehead atoms. The minimum atomic E-state index is 0.468. The number of rotatable bonds is 0. The summed E-state index contributed by atoms with van der Waals surface area (Å²) in [7, 11) is 3.64. The van der Waals surface area contributed by atoms with Gasteiger partial charge >= 0.3 is 45.2 Å². The van der Waals surface area contributed by atoms with Crippen LogP contribution in [0.4, 0.5) is 0 Å². The molecule has 0 fully saturated rings. The second-order valence-corrected chi connectivity index (χ2v) is 2.01. The number of nitrogens with one attached hydrogen (secondary N) is 1. The maximum absolute atomic E-state index is 6.82. The fourth-order valence-corrected chi connectivity index (χ4v) is 0. The summed E-state index contributed by atoms with van der Waals surface area (Å²) >= 11 is 2.55. The van der Waals surface area contributed by atoms with Crippen LogP contribution in [0.5, 0.6) is 0 Å². The molecule has 0 aliphatic rings. The van der Waals surface area contributed by atoms with E-state index >= 15 is 0 Å². The van der Waals surface area contributed by atoms with Crippen molar-refractivity contribution in [1.29, 1.82) is 5.41 Å². The molecule has 0 saturated carbocycles. The SMILES string of the molecule is CN(C)C(=N)[Se]. The zero-order valence-electron chi connectivity index (χ0n) is 3.86. The maximum atomic E-state index is 6.82. The molecule has 1 radical (unpaired) electrons. The van der Waals surface area contributed by atoms with Crippen molar-refractivity contribution in [2.45, 2.75) is 0 Å². The van der Waals surface area contributed by atoms with E-state index in [1.54, 1.807) is 4.90 Å². The third-order valence-corrected chi connectivity index (χ3v) is 1.17. The fourth-order valence-electron chi connectivity index (χ4n) is 0. The van der Waals surface area contributed by atoms with Crippen LogP contribution in [0.2, 0.25) is 0 Å². The van der Waals surface area contributed by atoms with Crippen LogP contribution in [0.3, 0.4) is 0 Å².